The number of rotatable bonds is 4. The molecule has 1 N–H and O–H groups in total. The van der Waals surface area contributed by atoms with Crippen molar-refractivity contribution in [3.8, 4) is 0 Å². The molecular formula is C14H16BrClFN3. The lowest BCUT2D eigenvalue weighted by molar-refractivity contribution is 0.483. The van der Waals surface area contributed by atoms with Crippen molar-refractivity contribution in [3.05, 3.63) is 51.0 Å². The lowest BCUT2D eigenvalue weighted by Gasteiger charge is -2.22. The maximum absolute atomic E-state index is 13.5. The van der Waals surface area contributed by atoms with Crippen molar-refractivity contribution in [3.63, 3.8) is 0 Å². The maximum Gasteiger partial charge on any atom is 0.123 e. The molecule has 6 heteroatoms. The largest absolute Gasteiger partial charge is 0.308 e. The van der Waals surface area contributed by atoms with E-state index in [4.69, 9.17) is 11.6 Å². The molecule has 108 valence electrons. The quantitative estimate of drug-likeness (QED) is 0.879. The summed E-state index contributed by atoms with van der Waals surface area (Å²) in [7, 11) is 1.82. The molecule has 2 rings (SSSR count). The third-order valence-corrected chi connectivity index (χ3v) is 4.12. The monoisotopic (exact) mass is 359 g/mol. The smallest absolute Gasteiger partial charge is 0.123 e. The first-order valence-electron chi connectivity index (χ1n) is 6.30. The van der Waals surface area contributed by atoms with Gasteiger partial charge in [-0.15, -0.1) is 0 Å². The topological polar surface area (TPSA) is 29.9 Å². The van der Waals surface area contributed by atoms with Crippen LogP contribution in [-0.2, 0) is 0 Å². The first-order chi connectivity index (χ1) is 9.45. The van der Waals surface area contributed by atoms with Crippen LogP contribution in [0.3, 0.4) is 0 Å². The second-order valence-electron chi connectivity index (χ2n) is 4.80. The number of benzene rings is 1. The lowest BCUT2D eigenvalue weighted by atomic mass is 10.0. The Balaban J connectivity index is 2.58. The zero-order valence-electron chi connectivity index (χ0n) is 11.5. The molecule has 0 aliphatic carbocycles. The molecule has 20 heavy (non-hydrogen) atoms. The minimum Gasteiger partial charge on any atom is -0.308 e. The van der Waals surface area contributed by atoms with E-state index in [0.717, 1.165) is 15.7 Å². The van der Waals surface area contributed by atoms with Gasteiger partial charge in [0, 0.05) is 10.5 Å². The van der Waals surface area contributed by atoms with Gasteiger partial charge < -0.3 is 5.32 Å². The molecule has 0 amide bonds. The van der Waals surface area contributed by atoms with E-state index in [1.165, 1.54) is 12.1 Å². The summed E-state index contributed by atoms with van der Waals surface area (Å²) < 4.78 is 16.2. The number of halogens is 3. The van der Waals surface area contributed by atoms with Gasteiger partial charge in [-0.1, -0.05) is 27.5 Å². The Morgan fingerprint density at radius 3 is 2.70 bits per heavy atom. The second kappa shape index (κ2) is 6.24. The molecule has 0 aliphatic rings. The van der Waals surface area contributed by atoms with Crippen LogP contribution in [0.2, 0.25) is 5.02 Å². The van der Waals surface area contributed by atoms with Gasteiger partial charge in [0.05, 0.1) is 23.0 Å². The van der Waals surface area contributed by atoms with E-state index < -0.39 is 0 Å². The van der Waals surface area contributed by atoms with Crippen LogP contribution in [0.25, 0.3) is 0 Å². The van der Waals surface area contributed by atoms with Crippen LogP contribution in [0.15, 0.2) is 28.9 Å². The summed E-state index contributed by atoms with van der Waals surface area (Å²) in [5.74, 6) is -0.282. The Kier molecular flexibility index (Phi) is 4.83. The number of nitrogens with zero attached hydrogens (tertiary/aromatic N) is 2. The third kappa shape index (κ3) is 2.90. The van der Waals surface area contributed by atoms with E-state index in [1.807, 2.05) is 25.6 Å². The molecule has 1 atom stereocenters. The van der Waals surface area contributed by atoms with Crippen molar-refractivity contribution in [2.24, 2.45) is 0 Å². The second-order valence-corrected chi connectivity index (χ2v) is 6.07. The molecule has 1 unspecified atom stereocenters. The summed E-state index contributed by atoms with van der Waals surface area (Å²) in [6, 6.07) is 4.54. The summed E-state index contributed by atoms with van der Waals surface area (Å²) in [5, 5.41) is 8.04. The van der Waals surface area contributed by atoms with Crippen LogP contribution in [0.5, 0.6) is 0 Å². The number of nitrogens with one attached hydrogen (secondary N) is 1. The normalized spacial score (nSPS) is 12.9. The van der Waals surface area contributed by atoms with E-state index in [1.54, 1.807) is 12.3 Å². The number of hydrogen-bond acceptors (Lipinski definition) is 2. The summed E-state index contributed by atoms with van der Waals surface area (Å²) in [5.41, 5.74) is 1.62. The first-order valence-corrected chi connectivity index (χ1v) is 7.48. The Morgan fingerprint density at radius 1 is 1.40 bits per heavy atom. The summed E-state index contributed by atoms with van der Waals surface area (Å²) in [6.07, 6.45) is 1.62. The first kappa shape index (κ1) is 15.5. The van der Waals surface area contributed by atoms with E-state index in [9.17, 15) is 4.39 Å². The Morgan fingerprint density at radius 2 is 2.10 bits per heavy atom. The molecular weight excluding hydrogens is 345 g/mol. The van der Waals surface area contributed by atoms with Crippen molar-refractivity contribution in [1.29, 1.82) is 0 Å². The highest BCUT2D eigenvalue weighted by Crippen LogP contribution is 2.33. The molecule has 0 saturated carbocycles. The van der Waals surface area contributed by atoms with E-state index >= 15 is 0 Å². The Hall–Kier alpha value is -0.910. The van der Waals surface area contributed by atoms with Crippen LogP contribution in [-0.4, -0.2) is 16.8 Å². The van der Waals surface area contributed by atoms with Gasteiger partial charge in [0.2, 0.25) is 0 Å². The van der Waals surface area contributed by atoms with Gasteiger partial charge in [0.1, 0.15) is 5.82 Å². The predicted molar refractivity (Wildman–Crippen MR) is 82.6 cm³/mol. The molecule has 0 bridgehead atoms. The molecule has 0 fully saturated rings. The molecule has 1 aromatic heterocycles. The highest BCUT2D eigenvalue weighted by atomic mass is 79.9. The SMILES string of the molecule is CNC(c1cc(F)ccc1Br)c1c(Cl)cnn1C(C)C. The molecule has 0 radical (unpaired) electrons. The molecule has 1 heterocycles. The Labute approximate surface area is 131 Å². The van der Waals surface area contributed by atoms with Gasteiger partial charge in [0.25, 0.3) is 0 Å². The predicted octanol–water partition coefficient (Wildman–Crippen LogP) is 4.33. The fraction of sp³-hybridized carbons (Fsp3) is 0.357. The average Bonchev–Trinajstić information content (AvgIpc) is 2.77. The Bertz CT molecular complexity index is 612. The van der Waals surface area contributed by atoms with Crippen molar-refractivity contribution in [1.82, 2.24) is 15.1 Å². The maximum atomic E-state index is 13.5. The van der Waals surface area contributed by atoms with Crippen LogP contribution in [0, 0.1) is 5.82 Å². The summed E-state index contributed by atoms with van der Waals surface area (Å²) >= 11 is 9.74. The van der Waals surface area contributed by atoms with E-state index in [0.29, 0.717) is 5.02 Å². The van der Waals surface area contributed by atoms with E-state index in [2.05, 4.69) is 26.3 Å². The fourth-order valence-electron chi connectivity index (χ4n) is 2.21. The van der Waals surface area contributed by atoms with Gasteiger partial charge in [-0.3, -0.25) is 4.68 Å². The molecule has 2 aromatic rings. The van der Waals surface area contributed by atoms with Gasteiger partial charge in [-0.2, -0.15) is 5.10 Å². The van der Waals surface area contributed by atoms with Crippen molar-refractivity contribution >= 4 is 27.5 Å². The lowest BCUT2D eigenvalue weighted by Crippen LogP contribution is -2.23. The minimum atomic E-state index is -0.282. The van der Waals surface area contributed by atoms with Crippen LogP contribution < -0.4 is 5.32 Å². The third-order valence-electron chi connectivity index (χ3n) is 3.11. The molecule has 0 aliphatic heterocycles. The van der Waals surface area contributed by atoms with Gasteiger partial charge in [-0.25, -0.2) is 4.39 Å². The number of hydrogen-bond donors (Lipinski definition) is 1. The highest BCUT2D eigenvalue weighted by Gasteiger charge is 2.24. The van der Waals surface area contributed by atoms with Gasteiger partial charge in [0.15, 0.2) is 0 Å². The molecule has 3 nitrogen and oxygen atoms in total. The average molecular weight is 361 g/mol. The van der Waals surface area contributed by atoms with Crippen LogP contribution in [0.4, 0.5) is 4.39 Å². The number of aromatic nitrogens is 2. The molecule has 0 spiro atoms. The van der Waals surface area contributed by atoms with Crippen molar-refractivity contribution in [2.75, 3.05) is 7.05 Å². The van der Waals surface area contributed by atoms with Crippen LogP contribution >= 0.6 is 27.5 Å². The standard InChI is InChI=1S/C14H16BrClFN3/c1-8(2)20-14(12(16)7-19-20)13(18-3)10-6-9(17)4-5-11(10)15/h4-8,13,18H,1-3H3. The van der Waals surface area contributed by atoms with Gasteiger partial charge in [-0.05, 0) is 44.7 Å². The summed E-state index contributed by atoms with van der Waals surface area (Å²) in [4.78, 5) is 0. The fourth-order valence-corrected chi connectivity index (χ4v) is 2.92. The molecule has 1 aromatic carbocycles. The van der Waals surface area contributed by atoms with Crippen molar-refractivity contribution < 1.29 is 4.39 Å². The van der Waals surface area contributed by atoms with E-state index in [-0.39, 0.29) is 17.9 Å². The minimum absolute atomic E-state index is 0.167. The molecule has 0 saturated heterocycles. The zero-order chi connectivity index (χ0) is 14.9. The highest BCUT2D eigenvalue weighted by molar-refractivity contribution is 9.10. The van der Waals surface area contributed by atoms with Crippen molar-refractivity contribution in [2.45, 2.75) is 25.9 Å². The zero-order valence-corrected chi connectivity index (χ0v) is 13.8. The summed E-state index contributed by atoms with van der Waals surface area (Å²) in [6.45, 7) is 4.06. The van der Waals surface area contributed by atoms with Crippen LogP contribution in [0.1, 0.15) is 37.2 Å². The van der Waals surface area contributed by atoms with Gasteiger partial charge >= 0.3 is 0 Å².